The second-order valence-electron chi connectivity index (χ2n) is 11.8. The number of thiazole rings is 1. The Hall–Kier alpha value is -2.05. The van der Waals surface area contributed by atoms with Crippen molar-refractivity contribution in [1.82, 2.24) is 19.9 Å². The Labute approximate surface area is 232 Å². The van der Waals surface area contributed by atoms with Gasteiger partial charge in [-0.25, -0.2) is 9.97 Å². The van der Waals surface area contributed by atoms with Crippen LogP contribution in [0, 0.1) is 19.8 Å². The fourth-order valence-corrected chi connectivity index (χ4v) is 6.84. The van der Waals surface area contributed by atoms with Crippen LogP contribution in [0.4, 0.5) is 11.8 Å². The van der Waals surface area contributed by atoms with Crippen molar-refractivity contribution in [2.75, 3.05) is 22.9 Å². The summed E-state index contributed by atoms with van der Waals surface area (Å²) >= 11 is 3.42. The maximum absolute atomic E-state index is 10.9. The molecule has 9 nitrogen and oxygen atoms in total. The van der Waals surface area contributed by atoms with Crippen molar-refractivity contribution in [3.63, 3.8) is 0 Å². The fraction of sp³-hybridized carbons (Fsp3) is 0.630. The van der Waals surface area contributed by atoms with Crippen LogP contribution in [0.15, 0.2) is 12.3 Å². The largest absolute Gasteiger partial charge is 0.390 e. The van der Waals surface area contributed by atoms with Crippen LogP contribution in [0.25, 0.3) is 20.8 Å². The quantitative estimate of drug-likeness (QED) is 0.240. The maximum atomic E-state index is 10.9. The first-order chi connectivity index (χ1) is 17.7. The zero-order chi connectivity index (χ0) is 27.8. The van der Waals surface area contributed by atoms with E-state index < -0.39 is 23.9 Å². The minimum atomic E-state index is -0.994. The molecule has 1 saturated carbocycles. The molecule has 1 aliphatic rings. The fourth-order valence-electron chi connectivity index (χ4n) is 4.91. The lowest BCUT2D eigenvalue weighted by molar-refractivity contribution is -0.0132. The summed E-state index contributed by atoms with van der Waals surface area (Å²) in [6.45, 7) is 14.6. The second kappa shape index (κ2) is 11.2. The van der Waals surface area contributed by atoms with Crippen molar-refractivity contribution in [2.24, 2.45) is 5.92 Å². The number of fused-ring (bicyclic) bond motifs is 1. The Morgan fingerprint density at radius 3 is 2.45 bits per heavy atom. The molecule has 0 bridgehead atoms. The number of aromatic nitrogens is 4. The Morgan fingerprint density at radius 2 is 1.79 bits per heavy atom. The van der Waals surface area contributed by atoms with E-state index in [0.717, 1.165) is 37.9 Å². The monoisotopic (exact) mass is 560 g/mol. The van der Waals surface area contributed by atoms with E-state index in [1.165, 1.54) is 0 Å². The van der Waals surface area contributed by atoms with Gasteiger partial charge < -0.3 is 26.0 Å². The summed E-state index contributed by atoms with van der Waals surface area (Å²) in [7, 11) is 0. The predicted octanol–water partition coefficient (Wildman–Crippen LogP) is 4.39. The third kappa shape index (κ3) is 6.93. The van der Waals surface area contributed by atoms with Crippen molar-refractivity contribution in [3.8, 4) is 10.6 Å². The molecule has 4 rings (SSSR count). The number of thioether (sulfide) groups is 1. The number of nitrogens with zero attached hydrogens (tertiary/aromatic N) is 4. The van der Waals surface area contributed by atoms with E-state index in [-0.39, 0.29) is 10.7 Å². The van der Waals surface area contributed by atoms with Gasteiger partial charge in [0, 0.05) is 23.2 Å². The Morgan fingerprint density at radius 1 is 1.05 bits per heavy atom. The van der Waals surface area contributed by atoms with Crippen LogP contribution < -0.4 is 10.6 Å². The normalized spacial score (nSPS) is 22.3. The summed E-state index contributed by atoms with van der Waals surface area (Å²) in [5.41, 5.74) is 2.30. The van der Waals surface area contributed by atoms with Gasteiger partial charge in [0.05, 0.1) is 39.4 Å². The van der Waals surface area contributed by atoms with E-state index in [4.69, 9.17) is 15.0 Å². The van der Waals surface area contributed by atoms with Crippen molar-refractivity contribution >= 4 is 45.1 Å². The molecule has 0 unspecified atom stereocenters. The molecule has 3 aromatic heterocycles. The highest BCUT2D eigenvalue weighted by atomic mass is 32.2. The molecule has 0 aliphatic heterocycles. The lowest BCUT2D eigenvalue weighted by Crippen LogP contribution is -2.36. The highest BCUT2D eigenvalue weighted by Crippen LogP contribution is 2.39. The summed E-state index contributed by atoms with van der Waals surface area (Å²) in [5.74, 6) is 1.74. The smallest absolute Gasteiger partial charge is 0.224 e. The highest BCUT2D eigenvalue weighted by molar-refractivity contribution is 8.00. The van der Waals surface area contributed by atoms with Gasteiger partial charge in [0.25, 0.3) is 0 Å². The summed E-state index contributed by atoms with van der Waals surface area (Å²) < 4.78 is 1.20. The van der Waals surface area contributed by atoms with Crippen LogP contribution in [0.1, 0.15) is 58.8 Å². The number of rotatable bonds is 9. The van der Waals surface area contributed by atoms with Gasteiger partial charge in [0.15, 0.2) is 0 Å². The molecule has 4 atom stereocenters. The van der Waals surface area contributed by atoms with Crippen LogP contribution in [0.2, 0.25) is 0 Å². The van der Waals surface area contributed by atoms with Gasteiger partial charge in [0.2, 0.25) is 5.95 Å². The lowest BCUT2D eigenvalue weighted by Gasteiger charge is -2.24. The minimum Gasteiger partial charge on any atom is -0.390 e. The number of hydrogen-bond acceptors (Lipinski definition) is 11. The van der Waals surface area contributed by atoms with Crippen LogP contribution in [0.5, 0.6) is 0 Å². The maximum Gasteiger partial charge on any atom is 0.224 e. The molecule has 0 saturated heterocycles. The Bertz CT molecular complexity index is 1270. The molecule has 11 heteroatoms. The van der Waals surface area contributed by atoms with Crippen molar-refractivity contribution in [3.05, 3.63) is 23.7 Å². The zero-order valence-corrected chi connectivity index (χ0v) is 24.9. The molecule has 5 N–H and O–H groups in total. The van der Waals surface area contributed by atoms with Crippen LogP contribution in [-0.4, -0.2) is 76.2 Å². The van der Waals surface area contributed by atoms with Crippen LogP contribution >= 0.6 is 23.1 Å². The van der Waals surface area contributed by atoms with Gasteiger partial charge in [0.1, 0.15) is 22.4 Å². The molecular weight excluding hydrogens is 520 g/mol. The van der Waals surface area contributed by atoms with Gasteiger partial charge in [-0.3, -0.25) is 4.98 Å². The zero-order valence-electron chi connectivity index (χ0n) is 23.2. The SMILES string of the molecule is Cc1nc(NCCSC(C)(C)C)nc(N[C@@H]2C[C@H](CC(C)(C)O)[C@@H](O)[C@H]2O)c1-c1nc2c(C)nccc2s1. The third-order valence-corrected chi connectivity index (χ3v) is 8.91. The predicted molar refractivity (Wildman–Crippen MR) is 157 cm³/mol. The number of anilines is 2. The van der Waals surface area contributed by atoms with Crippen molar-refractivity contribution in [2.45, 2.75) is 89.9 Å². The minimum absolute atomic E-state index is 0.175. The molecule has 0 aromatic carbocycles. The molecule has 1 fully saturated rings. The average Bonchev–Trinajstić information content (AvgIpc) is 3.33. The number of nitrogens with one attached hydrogen (secondary N) is 2. The Kier molecular flexibility index (Phi) is 8.54. The molecule has 3 aromatic rings. The molecule has 208 valence electrons. The summed E-state index contributed by atoms with van der Waals surface area (Å²) in [4.78, 5) is 18.8. The highest BCUT2D eigenvalue weighted by Gasteiger charge is 2.43. The van der Waals surface area contributed by atoms with E-state index in [0.29, 0.717) is 31.2 Å². The Balaban J connectivity index is 1.66. The van der Waals surface area contributed by atoms with E-state index in [1.54, 1.807) is 31.4 Å². The summed E-state index contributed by atoms with van der Waals surface area (Å²) in [6, 6.07) is 1.51. The van der Waals surface area contributed by atoms with E-state index in [2.05, 4.69) is 36.4 Å². The van der Waals surface area contributed by atoms with Crippen molar-refractivity contribution in [1.29, 1.82) is 0 Å². The first kappa shape index (κ1) is 28.9. The number of aryl methyl sites for hydroxylation is 2. The van der Waals surface area contributed by atoms with E-state index in [1.807, 2.05) is 31.7 Å². The van der Waals surface area contributed by atoms with Crippen LogP contribution in [0.3, 0.4) is 0 Å². The standard InChI is InChI=1S/C27H40N6O3S2/c1-14-19(24-32-20-15(2)28-9-8-18(20)38-24)23(33-25(30-14)29-10-11-37-26(3,4)5)31-17-12-16(13-27(6,7)36)21(34)22(17)35/h8-9,16-17,21-22,34-36H,10-13H2,1-7H3,(H2,29,30,31,33)/t16-,17-,21-,22+/m1/s1. The average molecular weight is 561 g/mol. The molecule has 0 spiro atoms. The summed E-state index contributed by atoms with van der Waals surface area (Å²) in [5, 5.41) is 39.5. The molecule has 38 heavy (non-hydrogen) atoms. The summed E-state index contributed by atoms with van der Waals surface area (Å²) in [6.07, 6.45) is 0.744. The first-order valence-electron chi connectivity index (χ1n) is 13.1. The number of aliphatic hydroxyl groups is 3. The van der Waals surface area contributed by atoms with Crippen molar-refractivity contribution < 1.29 is 15.3 Å². The topological polar surface area (TPSA) is 136 Å². The number of aliphatic hydroxyl groups excluding tert-OH is 2. The second-order valence-corrected chi connectivity index (χ2v) is 14.7. The third-order valence-electron chi connectivity index (χ3n) is 6.60. The molecule has 1 aliphatic carbocycles. The van der Waals surface area contributed by atoms with Gasteiger partial charge in [-0.2, -0.15) is 16.7 Å². The molecule has 0 amide bonds. The lowest BCUT2D eigenvalue weighted by atomic mass is 9.91. The number of pyridine rings is 1. The van der Waals surface area contributed by atoms with Crippen LogP contribution in [-0.2, 0) is 0 Å². The van der Waals surface area contributed by atoms with Gasteiger partial charge in [-0.05, 0) is 52.5 Å². The van der Waals surface area contributed by atoms with Gasteiger partial charge >= 0.3 is 0 Å². The molecule has 3 heterocycles. The van der Waals surface area contributed by atoms with Gasteiger partial charge in [-0.15, -0.1) is 11.3 Å². The van der Waals surface area contributed by atoms with E-state index >= 15 is 0 Å². The number of hydrogen-bond donors (Lipinski definition) is 5. The first-order valence-corrected chi connectivity index (χ1v) is 14.9. The van der Waals surface area contributed by atoms with E-state index in [9.17, 15) is 15.3 Å². The molecular formula is C27H40N6O3S2. The van der Waals surface area contributed by atoms with Gasteiger partial charge in [-0.1, -0.05) is 20.8 Å². The molecule has 0 radical (unpaired) electrons.